The molecule has 1 atom stereocenters. The van der Waals surface area contributed by atoms with Crippen LogP contribution in [0.2, 0.25) is 5.02 Å². The van der Waals surface area contributed by atoms with Gasteiger partial charge in [-0.25, -0.2) is 4.39 Å². The number of rotatable bonds is 9. The van der Waals surface area contributed by atoms with Gasteiger partial charge in [0.25, 0.3) is 0 Å². The standard InChI is InChI=1S/C16H22ClFN2O3/c1-11(16(22)23)20(10-8-19-12(2)21)9-4-5-13-14(17)6-3-7-15(13)18/h3,6-7,11H,4-5,8-10H2,1-2H3,(H,19,21)(H,22,23). The summed E-state index contributed by atoms with van der Waals surface area (Å²) in [5.41, 5.74) is 0.443. The van der Waals surface area contributed by atoms with Crippen LogP contribution in [0.3, 0.4) is 0 Å². The van der Waals surface area contributed by atoms with Crippen LogP contribution in [0.4, 0.5) is 4.39 Å². The summed E-state index contributed by atoms with van der Waals surface area (Å²) in [7, 11) is 0. The second-order valence-corrected chi connectivity index (χ2v) is 5.74. The number of halogens is 2. The number of carboxylic acids is 1. The van der Waals surface area contributed by atoms with Crippen molar-refractivity contribution in [3.63, 3.8) is 0 Å². The highest BCUT2D eigenvalue weighted by atomic mass is 35.5. The molecule has 0 aromatic heterocycles. The molecule has 1 aromatic carbocycles. The second-order valence-electron chi connectivity index (χ2n) is 5.34. The zero-order chi connectivity index (χ0) is 17.4. The van der Waals surface area contributed by atoms with Crippen LogP contribution in [0.25, 0.3) is 0 Å². The highest BCUT2D eigenvalue weighted by Gasteiger charge is 2.20. The zero-order valence-corrected chi connectivity index (χ0v) is 14.1. The summed E-state index contributed by atoms with van der Waals surface area (Å²) < 4.78 is 13.7. The Bertz CT molecular complexity index is 534. The lowest BCUT2D eigenvalue weighted by atomic mass is 10.1. The lowest BCUT2D eigenvalue weighted by molar-refractivity contribution is -0.142. The summed E-state index contributed by atoms with van der Waals surface area (Å²) in [5, 5.41) is 12.2. The molecule has 0 aliphatic carbocycles. The van der Waals surface area contributed by atoms with Crippen molar-refractivity contribution >= 4 is 23.5 Å². The Hall–Kier alpha value is -1.66. The maximum absolute atomic E-state index is 13.7. The summed E-state index contributed by atoms with van der Waals surface area (Å²) >= 11 is 5.98. The number of carbonyl (C=O) groups excluding carboxylic acids is 1. The first kappa shape index (κ1) is 19.4. The SMILES string of the molecule is CC(=O)NCCN(CCCc1c(F)cccc1Cl)C(C)C(=O)O. The number of nitrogens with zero attached hydrogens (tertiary/aromatic N) is 1. The van der Waals surface area contributed by atoms with Crippen molar-refractivity contribution in [2.45, 2.75) is 32.7 Å². The van der Waals surface area contributed by atoms with Gasteiger partial charge in [0.1, 0.15) is 11.9 Å². The van der Waals surface area contributed by atoms with E-state index in [1.807, 2.05) is 0 Å². The van der Waals surface area contributed by atoms with Gasteiger partial charge in [0.15, 0.2) is 0 Å². The average Bonchev–Trinajstić information content (AvgIpc) is 2.47. The van der Waals surface area contributed by atoms with Gasteiger partial charge in [-0.2, -0.15) is 0 Å². The van der Waals surface area contributed by atoms with Gasteiger partial charge < -0.3 is 10.4 Å². The van der Waals surface area contributed by atoms with E-state index in [1.165, 1.54) is 13.0 Å². The van der Waals surface area contributed by atoms with Crippen LogP contribution in [0, 0.1) is 5.82 Å². The first-order valence-electron chi connectivity index (χ1n) is 7.47. The highest BCUT2D eigenvalue weighted by molar-refractivity contribution is 6.31. The molecule has 1 amide bonds. The van der Waals surface area contributed by atoms with E-state index in [0.29, 0.717) is 43.1 Å². The van der Waals surface area contributed by atoms with Crippen molar-refractivity contribution in [2.75, 3.05) is 19.6 Å². The van der Waals surface area contributed by atoms with Crippen LogP contribution < -0.4 is 5.32 Å². The molecule has 1 unspecified atom stereocenters. The molecule has 0 spiro atoms. The molecular formula is C16H22ClFN2O3. The molecule has 0 bridgehead atoms. The molecule has 1 aromatic rings. The Morgan fingerprint density at radius 2 is 2.09 bits per heavy atom. The number of carboxylic acid groups (broad SMARTS) is 1. The Morgan fingerprint density at radius 3 is 2.65 bits per heavy atom. The normalized spacial score (nSPS) is 12.2. The largest absolute Gasteiger partial charge is 0.480 e. The fourth-order valence-corrected chi connectivity index (χ4v) is 2.52. The molecule has 0 saturated heterocycles. The molecule has 2 N–H and O–H groups in total. The van der Waals surface area contributed by atoms with E-state index in [0.717, 1.165) is 0 Å². The number of hydrogen-bond acceptors (Lipinski definition) is 3. The van der Waals surface area contributed by atoms with Crippen molar-refractivity contribution in [3.05, 3.63) is 34.6 Å². The smallest absolute Gasteiger partial charge is 0.320 e. The van der Waals surface area contributed by atoms with E-state index in [-0.39, 0.29) is 11.7 Å². The number of nitrogens with one attached hydrogen (secondary N) is 1. The third-order valence-electron chi connectivity index (χ3n) is 3.61. The topological polar surface area (TPSA) is 69.6 Å². The summed E-state index contributed by atoms with van der Waals surface area (Å²) in [6.45, 7) is 4.25. The van der Waals surface area contributed by atoms with E-state index < -0.39 is 12.0 Å². The Balaban J connectivity index is 2.59. The molecular weight excluding hydrogens is 323 g/mol. The molecule has 0 radical (unpaired) electrons. The fraction of sp³-hybridized carbons (Fsp3) is 0.500. The number of aliphatic carboxylic acids is 1. The van der Waals surface area contributed by atoms with Gasteiger partial charge in [-0.05, 0) is 38.4 Å². The first-order chi connectivity index (χ1) is 10.8. The Labute approximate surface area is 140 Å². The van der Waals surface area contributed by atoms with Gasteiger partial charge in [-0.15, -0.1) is 0 Å². The molecule has 0 aliphatic heterocycles. The number of amides is 1. The monoisotopic (exact) mass is 344 g/mol. The predicted molar refractivity (Wildman–Crippen MR) is 87.1 cm³/mol. The summed E-state index contributed by atoms with van der Waals surface area (Å²) in [6, 6.07) is 3.86. The average molecular weight is 345 g/mol. The minimum Gasteiger partial charge on any atom is -0.480 e. The van der Waals surface area contributed by atoms with Crippen LogP contribution >= 0.6 is 11.6 Å². The third kappa shape index (κ3) is 6.54. The minimum atomic E-state index is -0.934. The van der Waals surface area contributed by atoms with Crippen molar-refractivity contribution < 1.29 is 19.1 Å². The minimum absolute atomic E-state index is 0.161. The molecule has 0 aliphatic rings. The van der Waals surface area contributed by atoms with Crippen LogP contribution in [0.5, 0.6) is 0 Å². The summed E-state index contributed by atoms with van der Waals surface area (Å²) in [4.78, 5) is 23.8. The van der Waals surface area contributed by atoms with Gasteiger partial charge in [0.2, 0.25) is 5.91 Å². The van der Waals surface area contributed by atoms with E-state index in [9.17, 15) is 14.0 Å². The van der Waals surface area contributed by atoms with E-state index in [4.69, 9.17) is 16.7 Å². The predicted octanol–water partition coefficient (Wildman–Crippen LogP) is 2.32. The number of carbonyl (C=O) groups is 2. The first-order valence-corrected chi connectivity index (χ1v) is 7.85. The number of benzene rings is 1. The van der Waals surface area contributed by atoms with Crippen LogP contribution in [0.1, 0.15) is 25.8 Å². The third-order valence-corrected chi connectivity index (χ3v) is 3.97. The Morgan fingerprint density at radius 1 is 1.39 bits per heavy atom. The molecule has 0 saturated carbocycles. The summed E-state index contributed by atoms with van der Waals surface area (Å²) in [6.07, 6.45) is 0.993. The number of hydrogen-bond donors (Lipinski definition) is 2. The van der Waals surface area contributed by atoms with Gasteiger partial charge >= 0.3 is 5.97 Å². The molecule has 0 heterocycles. The van der Waals surface area contributed by atoms with Crippen molar-refractivity contribution in [1.29, 1.82) is 0 Å². The van der Waals surface area contributed by atoms with Crippen LogP contribution in [0.15, 0.2) is 18.2 Å². The van der Waals surface area contributed by atoms with E-state index in [1.54, 1.807) is 24.0 Å². The molecule has 7 heteroatoms. The van der Waals surface area contributed by atoms with Gasteiger partial charge in [0.05, 0.1) is 0 Å². The van der Waals surface area contributed by atoms with Crippen molar-refractivity contribution in [2.24, 2.45) is 0 Å². The van der Waals surface area contributed by atoms with Gasteiger partial charge in [-0.3, -0.25) is 14.5 Å². The molecule has 1 rings (SSSR count). The maximum atomic E-state index is 13.7. The van der Waals surface area contributed by atoms with Crippen LogP contribution in [-0.2, 0) is 16.0 Å². The fourth-order valence-electron chi connectivity index (χ4n) is 2.26. The molecule has 128 valence electrons. The molecule has 5 nitrogen and oxygen atoms in total. The van der Waals surface area contributed by atoms with Gasteiger partial charge in [-0.1, -0.05) is 17.7 Å². The second kappa shape index (κ2) is 9.47. The molecule has 23 heavy (non-hydrogen) atoms. The van der Waals surface area contributed by atoms with Gasteiger partial charge in [0, 0.05) is 30.6 Å². The van der Waals surface area contributed by atoms with Crippen molar-refractivity contribution in [3.8, 4) is 0 Å². The summed E-state index contributed by atoms with van der Waals surface area (Å²) in [5.74, 6) is -1.45. The lowest BCUT2D eigenvalue weighted by Crippen LogP contribution is -2.43. The van der Waals surface area contributed by atoms with E-state index in [2.05, 4.69) is 5.32 Å². The highest BCUT2D eigenvalue weighted by Crippen LogP contribution is 2.20. The van der Waals surface area contributed by atoms with Crippen LogP contribution in [-0.4, -0.2) is 47.6 Å². The Kier molecular flexibility index (Phi) is 7.98. The van der Waals surface area contributed by atoms with Crippen molar-refractivity contribution in [1.82, 2.24) is 10.2 Å². The van der Waals surface area contributed by atoms with E-state index >= 15 is 0 Å². The quantitative estimate of drug-likeness (QED) is 0.721. The zero-order valence-electron chi connectivity index (χ0n) is 13.3. The lowest BCUT2D eigenvalue weighted by Gasteiger charge is -2.26. The maximum Gasteiger partial charge on any atom is 0.320 e. The molecule has 0 fully saturated rings.